The predicted octanol–water partition coefficient (Wildman–Crippen LogP) is 1.38. The van der Waals surface area contributed by atoms with Crippen LogP contribution in [0.3, 0.4) is 0 Å². The molecule has 1 aromatic carbocycles. The lowest BCUT2D eigenvalue weighted by Gasteiger charge is -2.40. The summed E-state index contributed by atoms with van der Waals surface area (Å²) in [6.45, 7) is -0.264. The highest BCUT2D eigenvalue weighted by atomic mass is 32.2. The van der Waals surface area contributed by atoms with Crippen LogP contribution >= 0.6 is 11.8 Å². The van der Waals surface area contributed by atoms with Crippen LogP contribution < -0.4 is 0 Å². The molecule has 0 saturated carbocycles. The highest BCUT2D eigenvalue weighted by Crippen LogP contribution is 2.51. The molecule has 1 saturated heterocycles. The number of amides is 1. The van der Waals surface area contributed by atoms with Gasteiger partial charge in [0, 0.05) is 6.20 Å². The minimum absolute atomic E-state index is 0.00828. The van der Waals surface area contributed by atoms with Crippen molar-refractivity contribution in [1.29, 1.82) is 0 Å². The zero-order chi connectivity index (χ0) is 15.4. The fourth-order valence-electron chi connectivity index (χ4n) is 2.96. The van der Waals surface area contributed by atoms with Gasteiger partial charge >= 0.3 is 5.97 Å². The van der Waals surface area contributed by atoms with Gasteiger partial charge in [-0.05, 0) is 17.5 Å². The zero-order valence-electron chi connectivity index (χ0n) is 11.3. The Morgan fingerprint density at radius 1 is 1.27 bits per heavy atom. The Morgan fingerprint density at radius 2 is 2.05 bits per heavy atom. The first-order valence-corrected chi connectivity index (χ1v) is 7.66. The van der Waals surface area contributed by atoms with Crippen molar-refractivity contribution in [1.82, 2.24) is 9.47 Å². The summed E-state index contributed by atoms with van der Waals surface area (Å²) in [5.74, 6) is -1.99. The van der Waals surface area contributed by atoms with E-state index in [4.69, 9.17) is 0 Å². The van der Waals surface area contributed by atoms with E-state index in [2.05, 4.69) is 0 Å². The fraction of sp³-hybridized carbons (Fsp3) is 0.200. The molecule has 4 rings (SSSR count). The average molecular weight is 316 g/mol. The van der Waals surface area contributed by atoms with Crippen molar-refractivity contribution >= 4 is 39.6 Å². The largest absolute Gasteiger partial charge is 0.476 e. The number of aliphatic hydroxyl groups excluding tert-OH is 1. The van der Waals surface area contributed by atoms with Gasteiger partial charge in [0.15, 0.2) is 5.70 Å². The number of fused-ring (bicyclic) bond motifs is 2. The van der Waals surface area contributed by atoms with Crippen LogP contribution in [0, 0.1) is 5.92 Å². The molecule has 1 aromatic heterocycles. The number of hydrogen-bond acceptors (Lipinski definition) is 4. The standard InChI is InChI=1S/C15H12N2O4S/c18-7-9-12(19)17-11(15(20)21)14(22-13(9)17)16-6-5-8-3-1-2-4-10(8)16/h1-6,9,13,18H,7H2,(H,20,21)/t9-,13+/m0/s1. The summed E-state index contributed by atoms with van der Waals surface area (Å²) < 4.78 is 1.80. The number of hydrogen-bond donors (Lipinski definition) is 2. The predicted molar refractivity (Wildman–Crippen MR) is 81.6 cm³/mol. The van der Waals surface area contributed by atoms with Crippen LogP contribution in [0.15, 0.2) is 42.2 Å². The Hall–Kier alpha value is -2.25. The van der Waals surface area contributed by atoms with Crippen LogP contribution in [0.1, 0.15) is 0 Å². The van der Waals surface area contributed by atoms with Crippen molar-refractivity contribution in [2.24, 2.45) is 5.92 Å². The molecule has 0 bridgehead atoms. The number of aliphatic hydroxyl groups is 1. The van der Waals surface area contributed by atoms with E-state index in [9.17, 15) is 19.8 Å². The van der Waals surface area contributed by atoms with Gasteiger partial charge in [0.25, 0.3) is 0 Å². The van der Waals surface area contributed by atoms with Gasteiger partial charge in [-0.25, -0.2) is 4.79 Å². The van der Waals surface area contributed by atoms with Gasteiger partial charge in [-0.2, -0.15) is 0 Å². The molecule has 1 amide bonds. The summed E-state index contributed by atoms with van der Waals surface area (Å²) in [6.07, 6.45) is 1.81. The number of carboxylic acid groups (broad SMARTS) is 1. The molecule has 2 atom stereocenters. The first kappa shape index (κ1) is 13.4. The third kappa shape index (κ3) is 1.60. The first-order chi connectivity index (χ1) is 10.6. The van der Waals surface area contributed by atoms with Crippen LogP contribution in [-0.4, -0.2) is 43.5 Å². The monoisotopic (exact) mass is 316 g/mol. The molecular formula is C15H12N2O4S. The van der Waals surface area contributed by atoms with Crippen LogP contribution in [0.4, 0.5) is 0 Å². The molecule has 7 heteroatoms. The fourth-order valence-corrected chi connectivity index (χ4v) is 4.44. The molecule has 1 fully saturated rings. The number of aliphatic carboxylic acids is 1. The van der Waals surface area contributed by atoms with Crippen molar-refractivity contribution in [3.63, 3.8) is 0 Å². The topological polar surface area (TPSA) is 82.8 Å². The van der Waals surface area contributed by atoms with Crippen molar-refractivity contribution < 1.29 is 19.8 Å². The van der Waals surface area contributed by atoms with Crippen molar-refractivity contribution in [2.75, 3.05) is 6.61 Å². The average Bonchev–Trinajstić information content (AvgIpc) is 3.06. The maximum atomic E-state index is 12.0. The number of thioether (sulfide) groups is 1. The van der Waals surface area contributed by atoms with E-state index >= 15 is 0 Å². The molecule has 22 heavy (non-hydrogen) atoms. The number of aromatic nitrogens is 1. The zero-order valence-corrected chi connectivity index (χ0v) is 12.2. The van der Waals surface area contributed by atoms with Crippen LogP contribution in [-0.2, 0) is 9.59 Å². The number of nitrogens with zero attached hydrogens (tertiary/aromatic N) is 2. The molecular weight excluding hydrogens is 304 g/mol. The molecule has 6 nitrogen and oxygen atoms in total. The second-order valence-corrected chi connectivity index (χ2v) is 6.31. The highest BCUT2D eigenvalue weighted by Gasteiger charge is 2.56. The minimum Gasteiger partial charge on any atom is -0.476 e. The van der Waals surface area contributed by atoms with Gasteiger partial charge in [0.2, 0.25) is 5.91 Å². The quantitative estimate of drug-likeness (QED) is 0.836. The van der Waals surface area contributed by atoms with E-state index in [0.29, 0.717) is 5.03 Å². The van der Waals surface area contributed by atoms with Crippen LogP contribution in [0.5, 0.6) is 0 Å². The van der Waals surface area contributed by atoms with Crippen LogP contribution in [0.25, 0.3) is 15.9 Å². The number of carbonyl (C=O) groups is 2. The molecule has 3 heterocycles. The third-order valence-corrected chi connectivity index (χ3v) is 5.44. The van der Waals surface area contributed by atoms with Crippen molar-refractivity contribution in [2.45, 2.75) is 5.37 Å². The molecule has 2 aliphatic rings. The van der Waals surface area contributed by atoms with Gasteiger partial charge in [0.1, 0.15) is 10.4 Å². The minimum atomic E-state index is -1.13. The van der Waals surface area contributed by atoms with Gasteiger partial charge in [0.05, 0.1) is 18.0 Å². The smallest absolute Gasteiger partial charge is 0.355 e. The summed E-state index contributed by atoms with van der Waals surface area (Å²) in [5.41, 5.74) is 0.880. The van der Waals surface area contributed by atoms with E-state index in [0.717, 1.165) is 10.9 Å². The van der Waals surface area contributed by atoms with E-state index in [1.165, 1.54) is 16.7 Å². The Bertz CT molecular complexity index is 841. The Kier molecular flexibility index (Phi) is 2.82. The maximum absolute atomic E-state index is 12.0. The van der Waals surface area contributed by atoms with Crippen molar-refractivity contribution in [3.05, 3.63) is 42.2 Å². The van der Waals surface area contributed by atoms with E-state index in [-0.39, 0.29) is 23.6 Å². The number of rotatable bonds is 3. The molecule has 2 N–H and O–H groups in total. The lowest BCUT2D eigenvalue weighted by atomic mass is 9.98. The molecule has 112 valence electrons. The van der Waals surface area contributed by atoms with Crippen LogP contribution in [0.2, 0.25) is 0 Å². The molecule has 0 radical (unpaired) electrons. The lowest BCUT2D eigenvalue weighted by Crippen LogP contribution is -2.58. The molecule has 0 unspecified atom stereocenters. The Labute approximate surface area is 129 Å². The highest BCUT2D eigenvalue weighted by molar-refractivity contribution is 8.09. The van der Waals surface area contributed by atoms with E-state index in [1.54, 1.807) is 10.8 Å². The Balaban J connectivity index is 1.87. The van der Waals surface area contributed by atoms with Crippen molar-refractivity contribution in [3.8, 4) is 0 Å². The number of carbonyl (C=O) groups excluding carboxylic acids is 1. The number of para-hydroxylation sites is 1. The van der Waals surface area contributed by atoms with Gasteiger partial charge in [-0.15, -0.1) is 0 Å². The van der Waals surface area contributed by atoms with E-state index in [1.807, 2.05) is 30.3 Å². The van der Waals surface area contributed by atoms with Gasteiger partial charge < -0.3 is 14.8 Å². The van der Waals surface area contributed by atoms with Gasteiger partial charge in [-0.3, -0.25) is 9.69 Å². The number of carboxylic acids is 1. The SMILES string of the molecule is O=C(O)C1=C(n2ccc3ccccc32)S[C@@H]2[C@@H](CO)C(=O)N12. The van der Waals surface area contributed by atoms with Gasteiger partial charge in [-0.1, -0.05) is 30.0 Å². The normalized spacial score (nSPS) is 23.9. The molecule has 2 aliphatic heterocycles. The summed E-state index contributed by atoms with van der Waals surface area (Å²) in [6, 6.07) is 9.56. The maximum Gasteiger partial charge on any atom is 0.355 e. The Morgan fingerprint density at radius 3 is 2.77 bits per heavy atom. The second kappa shape index (κ2) is 4.62. The first-order valence-electron chi connectivity index (χ1n) is 6.78. The molecule has 0 spiro atoms. The second-order valence-electron chi connectivity index (χ2n) is 5.21. The summed E-state index contributed by atoms with van der Waals surface area (Å²) in [5, 5.41) is 20.0. The lowest BCUT2D eigenvalue weighted by molar-refractivity contribution is -0.153. The summed E-state index contributed by atoms with van der Waals surface area (Å²) in [7, 11) is 0. The summed E-state index contributed by atoms with van der Waals surface area (Å²) in [4.78, 5) is 24.9. The summed E-state index contributed by atoms with van der Waals surface area (Å²) >= 11 is 1.31. The molecule has 2 aromatic rings. The van der Waals surface area contributed by atoms with E-state index < -0.39 is 11.9 Å². The number of benzene rings is 1. The molecule has 0 aliphatic carbocycles. The third-order valence-electron chi connectivity index (χ3n) is 4.05. The number of β-lactam (4-membered cyclic amide) rings is 1.